The van der Waals surface area contributed by atoms with E-state index in [-0.39, 0.29) is 11.5 Å². The number of nitrogens with one attached hydrogen (secondary N) is 1. The Kier molecular flexibility index (Phi) is 5.62. The molecule has 4 rings (SSSR count). The molecular formula is C25H20N2O4. The molecule has 1 aromatic heterocycles. The van der Waals surface area contributed by atoms with Crippen LogP contribution in [-0.4, -0.2) is 23.6 Å². The Bertz CT molecular complexity index is 1320. The molecule has 31 heavy (non-hydrogen) atoms. The van der Waals surface area contributed by atoms with Gasteiger partial charge in [-0.05, 0) is 46.7 Å². The van der Waals surface area contributed by atoms with E-state index in [4.69, 9.17) is 0 Å². The number of methoxy groups -OCH3 is 1. The van der Waals surface area contributed by atoms with Crippen molar-refractivity contribution in [2.24, 2.45) is 0 Å². The highest BCUT2D eigenvalue weighted by molar-refractivity contribution is 6.04. The van der Waals surface area contributed by atoms with E-state index in [0.29, 0.717) is 23.4 Å². The Morgan fingerprint density at radius 1 is 0.871 bits per heavy atom. The van der Waals surface area contributed by atoms with Gasteiger partial charge in [-0.2, -0.15) is 0 Å². The van der Waals surface area contributed by atoms with Gasteiger partial charge in [0, 0.05) is 18.0 Å². The van der Waals surface area contributed by atoms with E-state index in [1.807, 2.05) is 42.5 Å². The van der Waals surface area contributed by atoms with E-state index in [9.17, 15) is 14.4 Å². The van der Waals surface area contributed by atoms with Gasteiger partial charge in [0.1, 0.15) is 0 Å². The second kappa shape index (κ2) is 8.67. The molecule has 0 radical (unpaired) electrons. The predicted octanol–water partition coefficient (Wildman–Crippen LogP) is 4.09. The van der Waals surface area contributed by atoms with Crippen LogP contribution in [-0.2, 0) is 11.3 Å². The number of aromatic nitrogens is 1. The number of nitrogens with zero attached hydrogens (tertiary/aromatic N) is 1. The van der Waals surface area contributed by atoms with Crippen LogP contribution in [0.1, 0.15) is 26.3 Å². The molecule has 1 N–H and O–H groups in total. The minimum atomic E-state index is -0.446. The molecule has 0 atom stereocenters. The Hall–Kier alpha value is -4.19. The molecule has 0 aliphatic heterocycles. The highest BCUT2D eigenvalue weighted by atomic mass is 16.5. The summed E-state index contributed by atoms with van der Waals surface area (Å²) in [5, 5.41) is 4.94. The number of pyridine rings is 1. The van der Waals surface area contributed by atoms with Crippen LogP contribution in [0.25, 0.3) is 10.8 Å². The molecule has 0 fully saturated rings. The number of hydrogen-bond acceptors (Lipinski definition) is 4. The fourth-order valence-corrected chi connectivity index (χ4v) is 3.41. The summed E-state index contributed by atoms with van der Waals surface area (Å²) in [6.45, 7) is 0.356. The zero-order valence-corrected chi connectivity index (χ0v) is 16.9. The number of benzene rings is 3. The number of ether oxygens (including phenoxy) is 1. The molecular weight excluding hydrogens is 392 g/mol. The SMILES string of the molecule is COC(=O)c1ccc(NC(=O)c2ccc(=O)n(Cc3cccc4ccccc34)c2)cc1. The molecule has 154 valence electrons. The van der Waals surface area contributed by atoms with Crippen LogP contribution in [0.2, 0.25) is 0 Å². The fourth-order valence-electron chi connectivity index (χ4n) is 3.41. The van der Waals surface area contributed by atoms with E-state index in [1.165, 1.54) is 23.8 Å². The van der Waals surface area contributed by atoms with Crippen molar-refractivity contribution in [3.63, 3.8) is 0 Å². The van der Waals surface area contributed by atoms with E-state index in [2.05, 4.69) is 10.1 Å². The number of amides is 1. The predicted molar refractivity (Wildman–Crippen MR) is 119 cm³/mol. The topological polar surface area (TPSA) is 77.4 Å². The molecule has 0 spiro atoms. The molecule has 6 heteroatoms. The van der Waals surface area contributed by atoms with Gasteiger partial charge in [0.2, 0.25) is 0 Å². The van der Waals surface area contributed by atoms with Gasteiger partial charge in [-0.3, -0.25) is 9.59 Å². The highest BCUT2D eigenvalue weighted by Gasteiger charge is 2.11. The van der Waals surface area contributed by atoms with Crippen molar-refractivity contribution in [2.75, 3.05) is 12.4 Å². The lowest BCUT2D eigenvalue weighted by Gasteiger charge is -2.11. The maximum Gasteiger partial charge on any atom is 0.337 e. The maximum absolute atomic E-state index is 12.7. The van der Waals surface area contributed by atoms with Crippen LogP contribution < -0.4 is 10.9 Å². The van der Waals surface area contributed by atoms with E-state index in [0.717, 1.165) is 16.3 Å². The van der Waals surface area contributed by atoms with Crippen LogP contribution in [0.15, 0.2) is 89.9 Å². The number of carbonyl (C=O) groups excluding carboxylic acids is 2. The van der Waals surface area contributed by atoms with Crippen molar-refractivity contribution in [1.82, 2.24) is 4.57 Å². The minimum absolute atomic E-state index is 0.188. The summed E-state index contributed by atoms with van der Waals surface area (Å²) in [6.07, 6.45) is 1.56. The lowest BCUT2D eigenvalue weighted by atomic mass is 10.0. The third kappa shape index (κ3) is 4.38. The van der Waals surface area contributed by atoms with Gasteiger partial charge >= 0.3 is 5.97 Å². The first kappa shape index (κ1) is 20.1. The van der Waals surface area contributed by atoms with Gasteiger partial charge < -0.3 is 14.6 Å². The third-order valence-corrected chi connectivity index (χ3v) is 5.03. The summed E-state index contributed by atoms with van der Waals surface area (Å²) in [6, 6.07) is 23.2. The van der Waals surface area contributed by atoms with Gasteiger partial charge in [-0.1, -0.05) is 42.5 Å². The molecule has 0 saturated carbocycles. The van der Waals surface area contributed by atoms with Crippen LogP contribution in [0.5, 0.6) is 0 Å². The summed E-state index contributed by atoms with van der Waals surface area (Å²) < 4.78 is 6.19. The zero-order valence-electron chi connectivity index (χ0n) is 16.9. The summed E-state index contributed by atoms with van der Waals surface area (Å²) in [5.41, 5.74) is 2.09. The second-order valence-corrected chi connectivity index (χ2v) is 7.05. The Labute approximate surface area is 178 Å². The van der Waals surface area contributed by atoms with Crippen LogP contribution >= 0.6 is 0 Å². The van der Waals surface area contributed by atoms with Crippen molar-refractivity contribution in [3.8, 4) is 0 Å². The largest absolute Gasteiger partial charge is 0.465 e. The molecule has 0 aliphatic carbocycles. The molecule has 6 nitrogen and oxygen atoms in total. The zero-order chi connectivity index (χ0) is 21.8. The number of carbonyl (C=O) groups is 2. The van der Waals surface area contributed by atoms with Gasteiger partial charge in [0.15, 0.2) is 0 Å². The van der Waals surface area contributed by atoms with Crippen molar-refractivity contribution in [2.45, 2.75) is 6.54 Å². The maximum atomic E-state index is 12.7. The first-order chi connectivity index (χ1) is 15.0. The molecule has 4 aromatic rings. The minimum Gasteiger partial charge on any atom is -0.465 e. The Morgan fingerprint density at radius 3 is 2.35 bits per heavy atom. The normalized spacial score (nSPS) is 10.6. The fraction of sp³-hybridized carbons (Fsp3) is 0.0800. The van der Waals surface area contributed by atoms with Crippen molar-refractivity contribution in [3.05, 3.63) is 112 Å². The molecule has 1 heterocycles. The first-order valence-electron chi connectivity index (χ1n) is 9.72. The van der Waals surface area contributed by atoms with E-state index in [1.54, 1.807) is 30.5 Å². The van der Waals surface area contributed by atoms with Gasteiger partial charge in [0.25, 0.3) is 11.5 Å². The average Bonchev–Trinajstić information content (AvgIpc) is 2.80. The third-order valence-electron chi connectivity index (χ3n) is 5.03. The average molecular weight is 412 g/mol. The number of hydrogen-bond donors (Lipinski definition) is 1. The summed E-state index contributed by atoms with van der Waals surface area (Å²) >= 11 is 0. The number of rotatable bonds is 5. The van der Waals surface area contributed by atoms with Gasteiger partial charge in [-0.25, -0.2) is 4.79 Å². The number of fused-ring (bicyclic) bond motifs is 1. The molecule has 3 aromatic carbocycles. The molecule has 0 unspecified atom stereocenters. The highest BCUT2D eigenvalue weighted by Crippen LogP contribution is 2.19. The molecule has 0 bridgehead atoms. The summed E-state index contributed by atoms with van der Waals surface area (Å²) in [7, 11) is 1.31. The van der Waals surface area contributed by atoms with Gasteiger partial charge in [0.05, 0.1) is 24.8 Å². The second-order valence-electron chi connectivity index (χ2n) is 7.05. The van der Waals surface area contributed by atoms with Crippen molar-refractivity contribution in [1.29, 1.82) is 0 Å². The smallest absolute Gasteiger partial charge is 0.337 e. The van der Waals surface area contributed by atoms with E-state index < -0.39 is 5.97 Å². The van der Waals surface area contributed by atoms with Crippen LogP contribution in [0.4, 0.5) is 5.69 Å². The Balaban J connectivity index is 1.56. The first-order valence-corrected chi connectivity index (χ1v) is 9.72. The molecule has 1 amide bonds. The lowest BCUT2D eigenvalue weighted by Crippen LogP contribution is -2.22. The van der Waals surface area contributed by atoms with Gasteiger partial charge in [-0.15, -0.1) is 0 Å². The summed E-state index contributed by atoms with van der Waals surface area (Å²) in [5.74, 6) is -0.795. The number of anilines is 1. The standard InChI is InChI=1S/C25H20N2O4/c1-31-25(30)18-9-12-21(13-10-18)26-24(29)20-11-14-23(28)27(16-20)15-19-7-4-6-17-5-2-3-8-22(17)19/h2-14,16H,15H2,1H3,(H,26,29). The monoisotopic (exact) mass is 412 g/mol. The summed E-state index contributed by atoms with van der Waals surface area (Å²) in [4.78, 5) is 36.6. The molecule has 0 saturated heterocycles. The van der Waals surface area contributed by atoms with Crippen LogP contribution in [0, 0.1) is 0 Å². The van der Waals surface area contributed by atoms with Crippen molar-refractivity contribution < 1.29 is 14.3 Å². The lowest BCUT2D eigenvalue weighted by molar-refractivity contribution is 0.0600. The number of esters is 1. The van der Waals surface area contributed by atoms with E-state index >= 15 is 0 Å². The van der Waals surface area contributed by atoms with Crippen LogP contribution in [0.3, 0.4) is 0 Å². The Morgan fingerprint density at radius 2 is 1.58 bits per heavy atom. The van der Waals surface area contributed by atoms with Crippen molar-refractivity contribution >= 4 is 28.3 Å². The molecule has 0 aliphatic rings. The quantitative estimate of drug-likeness (QED) is 0.501.